The molecule has 10 heteroatoms. The zero-order valence-electron chi connectivity index (χ0n) is 13.3. The van der Waals surface area contributed by atoms with Crippen molar-refractivity contribution in [1.29, 1.82) is 0 Å². The number of halogens is 1. The van der Waals surface area contributed by atoms with Crippen LogP contribution in [0.4, 0.5) is 15.8 Å². The summed E-state index contributed by atoms with van der Waals surface area (Å²) in [6.45, 7) is 0.108. The minimum atomic E-state index is -3.93. The highest BCUT2D eigenvalue weighted by molar-refractivity contribution is 7.89. The highest BCUT2D eigenvalue weighted by Crippen LogP contribution is 2.23. The van der Waals surface area contributed by atoms with Gasteiger partial charge in [-0.15, -0.1) is 0 Å². The molecule has 1 aliphatic heterocycles. The zero-order chi connectivity index (χ0) is 18.9. The van der Waals surface area contributed by atoms with Crippen molar-refractivity contribution < 1.29 is 22.5 Å². The van der Waals surface area contributed by atoms with Crippen LogP contribution in [0.25, 0.3) is 0 Å². The number of hydrogen-bond acceptors (Lipinski definition) is 5. The van der Waals surface area contributed by atoms with Crippen LogP contribution in [0, 0.1) is 15.9 Å². The van der Waals surface area contributed by atoms with E-state index in [0.717, 1.165) is 24.3 Å². The second-order valence-corrected chi connectivity index (χ2v) is 7.47. The highest BCUT2D eigenvalue weighted by atomic mass is 32.2. The first-order valence-electron chi connectivity index (χ1n) is 7.59. The first-order valence-corrected chi connectivity index (χ1v) is 9.07. The molecule has 0 spiro atoms. The van der Waals surface area contributed by atoms with Crippen molar-refractivity contribution >= 4 is 27.3 Å². The summed E-state index contributed by atoms with van der Waals surface area (Å²) in [6.07, 6.45) is -0.0381. The van der Waals surface area contributed by atoms with E-state index in [1.165, 1.54) is 29.2 Å². The molecule has 0 aromatic heterocycles. The number of non-ortho nitro benzene ring substituents is 1. The molecule has 1 fully saturated rings. The van der Waals surface area contributed by atoms with E-state index >= 15 is 0 Å². The number of anilines is 1. The third-order valence-corrected chi connectivity index (χ3v) is 5.48. The van der Waals surface area contributed by atoms with Crippen molar-refractivity contribution in [3.63, 3.8) is 0 Å². The Bertz CT molecular complexity index is 945. The van der Waals surface area contributed by atoms with E-state index < -0.39 is 26.8 Å². The number of carbonyl (C=O) groups is 1. The number of nitrogens with zero attached hydrogens (tertiary/aromatic N) is 2. The maximum Gasteiger partial charge on any atom is 0.269 e. The van der Waals surface area contributed by atoms with Crippen molar-refractivity contribution in [3.05, 3.63) is 64.5 Å². The molecule has 8 nitrogen and oxygen atoms in total. The predicted molar refractivity (Wildman–Crippen MR) is 90.6 cm³/mol. The van der Waals surface area contributed by atoms with E-state index in [2.05, 4.69) is 4.72 Å². The van der Waals surface area contributed by atoms with Crippen LogP contribution in [-0.4, -0.2) is 31.8 Å². The Kier molecular flexibility index (Phi) is 4.70. The van der Waals surface area contributed by atoms with Gasteiger partial charge in [0.1, 0.15) is 5.82 Å². The Morgan fingerprint density at radius 1 is 1.12 bits per heavy atom. The molecule has 2 aromatic rings. The number of carbonyl (C=O) groups excluding carboxylic acids is 1. The molecule has 3 rings (SSSR count). The normalized spacial score (nSPS) is 17.5. The second kappa shape index (κ2) is 6.81. The Morgan fingerprint density at radius 3 is 2.31 bits per heavy atom. The van der Waals surface area contributed by atoms with Crippen LogP contribution in [0.5, 0.6) is 0 Å². The minimum absolute atomic E-state index is 0.0381. The van der Waals surface area contributed by atoms with Gasteiger partial charge < -0.3 is 4.90 Å². The summed E-state index contributed by atoms with van der Waals surface area (Å²) in [4.78, 5) is 23.4. The molecule has 1 unspecified atom stereocenters. The third-order valence-electron chi connectivity index (χ3n) is 3.94. The van der Waals surface area contributed by atoms with Gasteiger partial charge in [0.15, 0.2) is 0 Å². The number of nitro groups is 1. The number of hydrogen-bond donors (Lipinski definition) is 1. The van der Waals surface area contributed by atoms with Gasteiger partial charge >= 0.3 is 0 Å². The lowest BCUT2D eigenvalue weighted by Gasteiger charge is -2.17. The maximum atomic E-state index is 13.0. The van der Waals surface area contributed by atoms with Crippen molar-refractivity contribution in [2.75, 3.05) is 11.4 Å². The molecule has 1 saturated heterocycles. The molecule has 2 aromatic carbocycles. The van der Waals surface area contributed by atoms with Gasteiger partial charge in [0, 0.05) is 36.8 Å². The van der Waals surface area contributed by atoms with E-state index in [9.17, 15) is 27.7 Å². The fraction of sp³-hybridized carbons (Fsp3) is 0.188. The standard InChI is InChI=1S/C16H14FN3O5S/c17-11-1-3-13(4-2-11)19-10-12(9-16(19)21)18-26(24,25)15-7-5-14(6-8-15)20(22)23/h1-8,12,18H,9-10H2. The molecule has 0 bridgehead atoms. The van der Waals surface area contributed by atoms with Crippen LogP contribution in [0.1, 0.15) is 6.42 Å². The Morgan fingerprint density at radius 2 is 1.73 bits per heavy atom. The number of sulfonamides is 1. The van der Waals surface area contributed by atoms with Crippen molar-refractivity contribution in [2.24, 2.45) is 0 Å². The first kappa shape index (κ1) is 18.0. The molecule has 1 aliphatic rings. The fourth-order valence-corrected chi connectivity index (χ4v) is 3.92. The summed E-state index contributed by atoms with van der Waals surface area (Å²) in [7, 11) is -3.93. The van der Waals surface area contributed by atoms with Gasteiger partial charge in [-0.3, -0.25) is 14.9 Å². The number of nitro benzene ring substituents is 1. The molecule has 0 saturated carbocycles. The van der Waals surface area contributed by atoms with Gasteiger partial charge in [-0.2, -0.15) is 0 Å². The van der Waals surface area contributed by atoms with E-state index in [0.29, 0.717) is 5.69 Å². The molecule has 0 radical (unpaired) electrons. The summed E-state index contributed by atoms with van der Waals surface area (Å²) in [5.74, 6) is -0.719. The highest BCUT2D eigenvalue weighted by Gasteiger charge is 2.33. The number of rotatable bonds is 5. The number of amides is 1. The predicted octanol–water partition coefficient (Wildman–Crippen LogP) is 1.82. The maximum absolute atomic E-state index is 13.0. The number of benzene rings is 2. The Balaban J connectivity index is 1.73. The summed E-state index contributed by atoms with van der Waals surface area (Å²) >= 11 is 0. The number of nitrogens with one attached hydrogen (secondary N) is 1. The molecule has 1 N–H and O–H groups in total. The van der Waals surface area contributed by atoms with E-state index in [1.807, 2.05) is 0 Å². The Labute approximate surface area is 148 Å². The van der Waals surface area contributed by atoms with Crippen LogP contribution >= 0.6 is 0 Å². The molecular formula is C16H14FN3O5S. The molecule has 1 atom stereocenters. The van der Waals surface area contributed by atoms with E-state index in [1.54, 1.807) is 0 Å². The minimum Gasteiger partial charge on any atom is -0.311 e. The summed E-state index contributed by atoms with van der Waals surface area (Å²) in [5, 5.41) is 10.6. The monoisotopic (exact) mass is 379 g/mol. The first-order chi connectivity index (χ1) is 12.3. The average Bonchev–Trinajstić information content (AvgIpc) is 2.95. The molecule has 1 amide bonds. The summed E-state index contributed by atoms with van der Waals surface area (Å²) < 4.78 is 40.2. The van der Waals surface area contributed by atoms with Gasteiger partial charge in [-0.25, -0.2) is 17.5 Å². The summed E-state index contributed by atoms with van der Waals surface area (Å²) in [6, 6.07) is 9.13. The van der Waals surface area contributed by atoms with Gasteiger partial charge in [0.05, 0.1) is 9.82 Å². The summed E-state index contributed by atoms with van der Waals surface area (Å²) in [5.41, 5.74) is 0.260. The lowest BCUT2D eigenvalue weighted by atomic mass is 10.3. The van der Waals surface area contributed by atoms with Gasteiger partial charge in [-0.05, 0) is 36.4 Å². The molecule has 136 valence electrons. The molecular weight excluding hydrogens is 365 g/mol. The second-order valence-electron chi connectivity index (χ2n) is 5.75. The van der Waals surface area contributed by atoms with E-state index in [4.69, 9.17) is 0 Å². The molecule has 26 heavy (non-hydrogen) atoms. The third kappa shape index (κ3) is 3.70. The molecule has 1 heterocycles. The average molecular weight is 379 g/mol. The lowest BCUT2D eigenvalue weighted by Crippen LogP contribution is -2.37. The van der Waals surface area contributed by atoms with Crippen LogP contribution in [-0.2, 0) is 14.8 Å². The molecule has 0 aliphatic carbocycles. The Hall–Kier alpha value is -2.85. The van der Waals surface area contributed by atoms with Gasteiger partial charge in [0.25, 0.3) is 5.69 Å². The van der Waals surface area contributed by atoms with E-state index in [-0.39, 0.29) is 29.5 Å². The van der Waals surface area contributed by atoms with Crippen LogP contribution in [0.3, 0.4) is 0 Å². The van der Waals surface area contributed by atoms with Crippen molar-refractivity contribution in [1.82, 2.24) is 4.72 Å². The van der Waals surface area contributed by atoms with Gasteiger partial charge in [0.2, 0.25) is 15.9 Å². The largest absolute Gasteiger partial charge is 0.311 e. The van der Waals surface area contributed by atoms with Gasteiger partial charge in [-0.1, -0.05) is 0 Å². The SMILES string of the molecule is O=C1CC(NS(=O)(=O)c2ccc([N+](=O)[O-])cc2)CN1c1ccc(F)cc1. The van der Waals surface area contributed by atoms with Crippen LogP contribution in [0.15, 0.2) is 53.4 Å². The smallest absolute Gasteiger partial charge is 0.269 e. The topological polar surface area (TPSA) is 110 Å². The van der Waals surface area contributed by atoms with Crippen molar-refractivity contribution in [3.8, 4) is 0 Å². The zero-order valence-corrected chi connectivity index (χ0v) is 14.1. The van der Waals surface area contributed by atoms with Crippen LogP contribution in [0.2, 0.25) is 0 Å². The lowest BCUT2D eigenvalue weighted by molar-refractivity contribution is -0.384. The van der Waals surface area contributed by atoms with Crippen molar-refractivity contribution in [2.45, 2.75) is 17.4 Å². The van der Waals surface area contributed by atoms with Crippen LogP contribution < -0.4 is 9.62 Å². The fourth-order valence-electron chi connectivity index (χ4n) is 2.69. The quantitative estimate of drug-likeness (QED) is 0.629.